The summed E-state index contributed by atoms with van der Waals surface area (Å²) in [5, 5.41) is 6.07. The van der Waals surface area contributed by atoms with Crippen LogP contribution in [0.15, 0.2) is 47.6 Å². The van der Waals surface area contributed by atoms with Crippen molar-refractivity contribution in [3.63, 3.8) is 0 Å². The summed E-state index contributed by atoms with van der Waals surface area (Å²) in [6, 6.07) is 12.8. The highest BCUT2D eigenvalue weighted by Gasteiger charge is 2.09. The molecule has 29 heavy (non-hydrogen) atoms. The van der Waals surface area contributed by atoms with E-state index in [1.54, 1.807) is 38.6 Å². The third-order valence-electron chi connectivity index (χ3n) is 4.07. The highest BCUT2D eigenvalue weighted by Crippen LogP contribution is 2.28. The fourth-order valence-electron chi connectivity index (χ4n) is 2.56. The van der Waals surface area contributed by atoms with Gasteiger partial charge in [-0.3, -0.25) is 4.79 Å². The molecule has 8 heteroatoms. The largest absolute Gasteiger partial charge is 0.494 e. The molecule has 0 fully saturated rings. The summed E-state index contributed by atoms with van der Waals surface area (Å²) in [5.74, 6) is 6.97. The van der Waals surface area contributed by atoms with Crippen LogP contribution in [-0.4, -0.2) is 39.5 Å². The van der Waals surface area contributed by atoms with Crippen LogP contribution in [0.1, 0.15) is 35.2 Å². The summed E-state index contributed by atoms with van der Waals surface area (Å²) in [6.07, 6.45) is 4.40. The van der Waals surface area contributed by atoms with Crippen LogP contribution in [0.25, 0.3) is 0 Å². The number of ether oxygens (including phenoxy) is 3. The molecule has 0 bridgehead atoms. The number of halogens is 1. The van der Waals surface area contributed by atoms with Crippen LogP contribution in [0.3, 0.4) is 0 Å². The zero-order valence-corrected chi connectivity index (χ0v) is 17.5. The van der Waals surface area contributed by atoms with Crippen LogP contribution < -0.4 is 25.4 Å². The van der Waals surface area contributed by atoms with E-state index in [-0.39, 0.29) is 18.3 Å². The normalized spacial score (nSPS) is 10.3. The molecule has 3 N–H and O–H groups in total. The number of carbonyl (C=O) groups is 1. The number of unbranched alkanes of at least 4 members (excludes halogenated alkanes) is 2. The Morgan fingerprint density at radius 3 is 2.34 bits per heavy atom. The molecule has 0 aromatic heterocycles. The molecule has 7 nitrogen and oxygen atoms in total. The van der Waals surface area contributed by atoms with Gasteiger partial charge in [-0.2, -0.15) is 5.10 Å². The number of rotatable bonds is 11. The van der Waals surface area contributed by atoms with Crippen LogP contribution in [0.2, 0.25) is 0 Å². The van der Waals surface area contributed by atoms with Gasteiger partial charge in [0.1, 0.15) is 5.75 Å². The smallest absolute Gasteiger partial charge is 0.251 e. The molecule has 2 rings (SSSR count). The van der Waals surface area contributed by atoms with Crippen molar-refractivity contribution in [1.82, 2.24) is 5.32 Å². The van der Waals surface area contributed by atoms with Crippen LogP contribution in [0.4, 0.5) is 0 Å². The molecule has 0 aliphatic rings. The monoisotopic (exact) mass is 421 g/mol. The van der Waals surface area contributed by atoms with Crippen molar-refractivity contribution in [2.24, 2.45) is 10.9 Å². The van der Waals surface area contributed by atoms with E-state index in [4.69, 9.17) is 20.1 Å². The van der Waals surface area contributed by atoms with Crippen LogP contribution >= 0.6 is 12.4 Å². The summed E-state index contributed by atoms with van der Waals surface area (Å²) in [5.41, 5.74) is 1.47. The molecule has 2 aromatic carbocycles. The van der Waals surface area contributed by atoms with E-state index in [9.17, 15) is 4.79 Å². The number of hydrogen-bond acceptors (Lipinski definition) is 6. The molecule has 158 valence electrons. The predicted molar refractivity (Wildman–Crippen MR) is 117 cm³/mol. The molecule has 2 aromatic rings. The number of carbonyl (C=O) groups excluding carboxylic acids is 1. The maximum absolute atomic E-state index is 11.7. The van der Waals surface area contributed by atoms with E-state index in [2.05, 4.69) is 10.4 Å². The number of benzene rings is 2. The summed E-state index contributed by atoms with van der Waals surface area (Å²) in [6.45, 7) is 1.22. The molecule has 0 saturated heterocycles. The summed E-state index contributed by atoms with van der Waals surface area (Å²) in [4.78, 5) is 11.7. The first-order valence-corrected chi connectivity index (χ1v) is 9.17. The zero-order valence-electron chi connectivity index (χ0n) is 16.7. The number of nitrogens with one attached hydrogen (secondary N) is 1. The molecule has 1 amide bonds. The molecule has 0 unspecified atom stereocenters. The standard InChI is InChI=1S/C21H27N3O4.ClH/c1-23-21(25)17-8-11-19(20(14-17)26-2)28-13-5-3-4-12-27-18-9-6-16(7-10-18)15-24-22;/h6-11,14-15H,3-5,12-13,22H2,1-2H3,(H,23,25);1H. The van der Waals surface area contributed by atoms with E-state index in [1.807, 2.05) is 24.3 Å². The minimum Gasteiger partial charge on any atom is -0.494 e. The summed E-state index contributed by atoms with van der Waals surface area (Å²) in [7, 11) is 3.15. The van der Waals surface area contributed by atoms with E-state index < -0.39 is 0 Å². The Kier molecular flexibility index (Phi) is 11.0. The lowest BCUT2D eigenvalue weighted by Crippen LogP contribution is -2.17. The second kappa shape index (κ2) is 13.3. The summed E-state index contributed by atoms with van der Waals surface area (Å²) >= 11 is 0. The Hall–Kier alpha value is -2.93. The fourth-order valence-corrected chi connectivity index (χ4v) is 2.56. The number of nitrogens with two attached hydrogens (primary N) is 1. The Morgan fingerprint density at radius 1 is 1.03 bits per heavy atom. The predicted octanol–water partition coefficient (Wildman–Crippen LogP) is 3.40. The molecule has 0 aliphatic carbocycles. The quantitative estimate of drug-likeness (QED) is 0.251. The maximum Gasteiger partial charge on any atom is 0.251 e. The number of amides is 1. The second-order valence-electron chi connectivity index (χ2n) is 6.05. The lowest BCUT2D eigenvalue weighted by Gasteiger charge is -2.12. The SMILES string of the molecule is CNC(=O)c1ccc(OCCCCCOc2ccc(C=NN)cc2)c(OC)c1.Cl. The highest BCUT2D eigenvalue weighted by molar-refractivity contribution is 5.94. The number of nitrogens with zero attached hydrogens (tertiary/aromatic N) is 1. The lowest BCUT2D eigenvalue weighted by molar-refractivity contribution is 0.0962. The van der Waals surface area contributed by atoms with E-state index in [1.165, 1.54) is 0 Å². The van der Waals surface area contributed by atoms with E-state index in [0.717, 1.165) is 30.6 Å². The summed E-state index contributed by atoms with van der Waals surface area (Å²) < 4.78 is 16.8. The van der Waals surface area contributed by atoms with Gasteiger partial charge in [-0.1, -0.05) is 0 Å². The van der Waals surface area contributed by atoms with Gasteiger partial charge in [-0.15, -0.1) is 12.4 Å². The molecule has 0 atom stereocenters. The van der Waals surface area contributed by atoms with Crippen LogP contribution in [0.5, 0.6) is 17.2 Å². The molecule has 0 heterocycles. The second-order valence-corrected chi connectivity index (χ2v) is 6.05. The lowest BCUT2D eigenvalue weighted by atomic mass is 10.2. The van der Waals surface area contributed by atoms with Gasteiger partial charge in [0, 0.05) is 12.6 Å². The van der Waals surface area contributed by atoms with Gasteiger partial charge in [0.15, 0.2) is 11.5 Å². The molecule has 0 spiro atoms. The number of hydrogen-bond donors (Lipinski definition) is 2. The third kappa shape index (κ3) is 7.91. The van der Waals surface area contributed by atoms with Crippen molar-refractivity contribution in [1.29, 1.82) is 0 Å². The van der Waals surface area contributed by atoms with Crippen molar-refractivity contribution < 1.29 is 19.0 Å². The minimum absolute atomic E-state index is 0. The maximum atomic E-state index is 11.7. The fraction of sp³-hybridized carbons (Fsp3) is 0.333. The van der Waals surface area contributed by atoms with Gasteiger partial charge in [0.2, 0.25) is 0 Å². The Balaban J connectivity index is 0.00000420. The first-order chi connectivity index (χ1) is 13.7. The van der Waals surface area contributed by atoms with Crippen molar-refractivity contribution in [2.75, 3.05) is 27.4 Å². The molecule has 0 radical (unpaired) electrons. The van der Waals surface area contributed by atoms with Crippen molar-refractivity contribution in [3.05, 3.63) is 53.6 Å². The topological polar surface area (TPSA) is 95.2 Å². The Morgan fingerprint density at radius 2 is 1.72 bits per heavy atom. The van der Waals surface area contributed by atoms with Crippen molar-refractivity contribution in [2.45, 2.75) is 19.3 Å². The zero-order chi connectivity index (χ0) is 20.2. The Bertz CT molecular complexity index is 782. The van der Waals surface area contributed by atoms with Gasteiger partial charge in [0.25, 0.3) is 5.91 Å². The van der Waals surface area contributed by atoms with Crippen molar-refractivity contribution in [3.8, 4) is 17.2 Å². The van der Waals surface area contributed by atoms with Gasteiger partial charge in [-0.05, 0) is 67.3 Å². The van der Waals surface area contributed by atoms with Crippen molar-refractivity contribution >= 4 is 24.5 Å². The van der Waals surface area contributed by atoms with E-state index in [0.29, 0.717) is 30.3 Å². The average Bonchev–Trinajstić information content (AvgIpc) is 2.73. The molecular weight excluding hydrogens is 394 g/mol. The first kappa shape index (κ1) is 24.1. The highest BCUT2D eigenvalue weighted by atomic mass is 35.5. The van der Waals surface area contributed by atoms with E-state index >= 15 is 0 Å². The molecule has 0 saturated carbocycles. The first-order valence-electron chi connectivity index (χ1n) is 9.17. The number of hydrazone groups is 1. The minimum atomic E-state index is -0.160. The average molecular weight is 422 g/mol. The van der Waals surface area contributed by atoms with Gasteiger partial charge in [-0.25, -0.2) is 0 Å². The van der Waals surface area contributed by atoms with Crippen LogP contribution in [-0.2, 0) is 0 Å². The van der Waals surface area contributed by atoms with Gasteiger partial charge >= 0.3 is 0 Å². The molecular formula is C21H28ClN3O4. The van der Waals surface area contributed by atoms with Gasteiger partial charge < -0.3 is 25.4 Å². The van der Waals surface area contributed by atoms with Gasteiger partial charge in [0.05, 0.1) is 26.5 Å². The Labute approximate surface area is 177 Å². The molecule has 0 aliphatic heterocycles. The number of methoxy groups -OCH3 is 1. The third-order valence-corrected chi connectivity index (χ3v) is 4.07. The van der Waals surface area contributed by atoms with Crippen LogP contribution in [0, 0.1) is 0 Å².